The van der Waals surface area contributed by atoms with Gasteiger partial charge in [0.2, 0.25) is 23.6 Å². The van der Waals surface area contributed by atoms with Crippen molar-refractivity contribution in [1.29, 1.82) is 5.41 Å². The lowest BCUT2D eigenvalue weighted by Crippen LogP contribution is -2.65. The SMILES string of the molecule is C[C@@H]1NC(=O)[C@@H](NC(=O)OC(C)(C)C)CNC(=O)[C@H](C2CCNC(=N)N2)NC(=O)/C(=C/NC(=O)Nc2cccc(-c3ccccc3)c2)NC(=O)[C@H](CNC(=O)OC(C)(C)C)NC1=O. The Hall–Kier alpha value is -7.39. The van der Waals surface area contributed by atoms with E-state index in [1.54, 1.807) is 59.7 Å². The molecule has 4 rings (SSSR count). The number of nitrogens with one attached hydrogen (secondary N) is 12. The molecule has 63 heavy (non-hydrogen) atoms. The fourth-order valence-corrected chi connectivity index (χ4v) is 5.93. The minimum Gasteiger partial charge on any atom is -0.444 e. The van der Waals surface area contributed by atoms with Gasteiger partial charge in [0, 0.05) is 25.0 Å². The lowest BCUT2D eigenvalue weighted by atomic mass is 10.0. The Morgan fingerprint density at radius 1 is 0.778 bits per heavy atom. The molecule has 1 unspecified atom stereocenters. The van der Waals surface area contributed by atoms with Crippen LogP contribution in [0.4, 0.5) is 20.1 Å². The Bertz CT molecular complexity index is 2080. The van der Waals surface area contributed by atoms with Crippen LogP contribution < -0.4 is 58.5 Å². The van der Waals surface area contributed by atoms with Crippen molar-refractivity contribution < 1.29 is 47.8 Å². The first-order chi connectivity index (χ1) is 29.6. The summed E-state index contributed by atoms with van der Waals surface area (Å²) < 4.78 is 10.6. The van der Waals surface area contributed by atoms with E-state index < -0.39 is 108 Å². The zero-order valence-corrected chi connectivity index (χ0v) is 36.1. The molecule has 2 aromatic carbocycles. The molecule has 22 heteroatoms. The second kappa shape index (κ2) is 21.4. The molecule has 2 heterocycles. The fraction of sp³-hybridized carbons (Fsp3) is 0.439. The van der Waals surface area contributed by atoms with Crippen LogP contribution in [0.25, 0.3) is 11.1 Å². The monoisotopic (exact) mass is 876 g/mol. The lowest BCUT2D eigenvalue weighted by molar-refractivity contribution is -0.133. The van der Waals surface area contributed by atoms with E-state index in [4.69, 9.17) is 14.9 Å². The van der Waals surface area contributed by atoms with E-state index in [2.05, 4.69) is 58.5 Å². The smallest absolute Gasteiger partial charge is 0.408 e. The van der Waals surface area contributed by atoms with E-state index in [-0.39, 0.29) is 18.9 Å². The molecular weight excluding hydrogens is 821 g/mol. The summed E-state index contributed by atoms with van der Waals surface area (Å²) in [6.45, 7) is 9.94. The Kier molecular flexibility index (Phi) is 16.4. The molecule has 0 bridgehead atoms. The van der Waals surface area contributed by atoms with Gasteiger partial charge in [0.15, 0.2) is 5.96 Å². The second-order valence-electron chi connectivity index (χ2n) is 16.5. The highest BCUT2D eigenvalue weighted by Crippen LogP contribution is 2.22. The van der Waals surface area contributed by atoms with Crippen molar-refractivity contribution in [2.45, 2.75) is 96.3 Å². The molecule has 340 valence electrons. The maximum Gasteiger partial charge on any atom is 0.408 e. The number of guanidine groups is 1. The van der Waals surface area contributed by atoms with Crippen LogP contribution in [0.3, 0.4) is 0 Å². The van der Waals surface area contributed by atoms with Crippen molar-refractivity contribution in [2.75, 3.05) is 25.0 Å². The molecule has 2 aliphatic heterocycles. The van der Waals surface area contributed by atoms with Gasteiger partial charge in [-0.25, -0.2) is 14.4 Å². The zero-order chi connectivity index (χ0) is 46.5. The largest absolute Gasteiger partial charge is 0.444 e. The highest BCUT2D eigenvalue weighted by atomic mass is 16.6. The Morgan fingerprint density at radius 3 is 2.11 bits per heavy atom. The second-order valence-corrected chi connectivity index (χ2v) is 16.5. The molecule has 2 aromatic rings. The van der Waals surface area contributed by atoms with E-state index in [1.807, 2.05) is 36.4 Å². The van der Waals surface area contributed by atoms with Crippen LogP contribution in [0.5, 0.6) is 0 Å². The van der Waals surface area contributed by atoms with Gasteiger partial charge in [-0.15, -0.1) is 0 Å². The summed E-state index contributed by atoms with van der Waals surface area (Å²) in [5.74, 6) is -5.12. The normalized spacial score (nSPS) is 22.3. The van der Waals surface area contributed by atoms with E-state index in [1.165, 1.54) is 6.92 Å². The molecule has 0 saturated carbocycles. The molecule has 5 atom stereocenters. The number of rotatable bonds is 7. The minimum absolute atomic E-state index is 0.159. The zero-order valence-electron chi connectivity index (χ0n) is 36.1. The van der Waals surface area contributed by atoms with Crippen molar-refractivity contribution in [3.63, 3.8) is 0 Å². The predicted octanol–water partition coefficient (Wildman–Crippen LogP) is 0.341. The average Bonchev–Trinajstić information content (AvgIpc) is 3.19. The van der Waals surface area contributed by atoms with Crippen LogP contribution in [-0.4, -0.2) is 115 Å². The van der Waals surface area contributed by atoms with Crippen LogP contribution in [0.2, 0.25) is 0 Å². The van der Waals surface area contributed by atoms with Gasteiger partial charge in [0.05, 0.1) is 12.6 Å². The number of urea groups is 1. The molecule has 2 fully saturated rings. The van der Waals surface area contributed by atoms with E-state index in [0.29, 0.717) is 5.69 Å². The van der Waals surface area contributed by atoms with Gasteiger partial charge in [0.1, 0.15) is 41.1 Å². The third-order valence-corrected chi connectivity index (χ3v) is 8.86. The van der Waals surface area contributed by atoms with Gasteiger partial charge in [-0.1, -0.05) is 42.5 Å². The number of anilines is 1. The molecule has 12 N–H and O–H groups in total. The Balaban J connectivity index is 1.71. The van der Waals surface area contributed by atoms with Gasteiger partial charge in [-0.05, 0) is 78.1 Å². The molecule has 0 spiro atoms. The highest BCUT2D eigenvalue weighted by Gasteiger charge is 2.36. The quantitative estimate of drug-likeness (QED) is 0.168. The van der Waals surface area contributed by atoms with Crippen molar-refractivity contribution in [3.05, 3.63) is 66.5 Å². The lowest BCUT2D eigenvalue weighted by Gasteiger charge is -2.33. The summed E-state index contributed by atoms with van der Waals surface area (Å²) in [7, 11) is 0. The van der Waals surface area contributed by atoms with E-state index in [0.717, 1.165) is 17.3 Å². The fourth-order valence-electron chi connectivity index (χ4n) is 5.93. The van der Waals surface area contributed by atoms with Gasteiger partial charge >= 0.3 is 18.2 Å². The van der Waals surface area contributed by atoms with E-state index in [9.17, 15) is 38.4 Å². The summed E-state index contributed by atoms with van der Waals surface area (Å²) in [5, 5.41) is 35.8. The molecule has 0 radical (unpaired) electrons. The van der Waals surface area contributed by atoms with Crippen molar-refractivity contribution in [2.24, 2.45) is 0 Å². The van der Waals surface area contributed by atoms with E-state index >= 15 is 0 Å². The van der Waals surface area contributed by atoms with Gasteiger partial charge in [-0.2, -0.15) is 0 Å². The van der Waals surface area contributed by atoms with Crippen LogP contribution >= 0.6 is 0 Å². The minimum atomic E-state index is -1.65. The number of alkyl carbamates (subject to hydrolysis) is 2. The molecule has 9 amide bonds. The number of carbonyl (C=O) groups is 8. The number of ether oxygens (including phenoxy) is 2. The van der Waals surface area contributed by atoms with Crippen molar-refractivity contribution in [3.8, 4) is 11.1 Å². The number of hydrogen-bond acceptors (Lipinski definition) is 11. The topological polar surface area (TPSA) is 311 Å². The number of amides is 9. The summed E-state index contributed by atoms with van der Waals surface area (Å²) in [5.41, 5.74) is -0.468. The summed E-state index contributed by atoms with van der Waals surface area (Å²) in [6.07, 6.45) is -0.923. The Labute approximate surface area is 364 Å². The third kappa shape index (κ3) is 15.9. The van der Waals surface area contributed by atoms with Crippen LogP contribution in [-0.2, 0) is 33.4 Å². The van der Waals surface area contributed by atoms with Crippen LogP contribution in [0.15, 0.2) is 66.5 Å². The van der Waals surface area contributed by atoms with Crippen molar-refractivity contribution >= 4 is 59.4 Å². The molecular formula is C41H56N12O10. The summed E-state index contributed by atoms with van der Waals surface area (Å²) in [4.78, 5) is 108. The molecule has 0 aliphatic carbocycles. The highest BCUT2D eigenvalue weighted by molar-refractivity contribution is 6.03. The Morgan fingerprint density at radius 2 is 1.44 bits per heavy atom. The molecule has 2 aliphatic rings. The van der Waals surface area contributed by atoms with Gasteiger partial charge in [0.25, 0.3) is 5.91 Å². The van der Waals surface area contributed by atoms with Gasteiger partial charge < -0.3 is 68.0 Å². The van der Waals surface area contributed by atoms with Gasteiger partial charge in [-0.3, -0.25) is 29.4 Å². The predicted molar refractivity (Wildman–Crippen MR) is 229 cm³/mol. The van der Waals surface area contributed by atoms with Crippen LogP contribution in [0, 0.1) is 5.41 Å². The third-order valence-electron chi connectivity index (χ3n) is 8.86. The first-order valence-corrected chi connectivity index (χ1v) is 20.1. The molecule has 2 saturated heterocycles. The van der Waals surface area contributed by atoms with Crippen molar-refractivity contribution in [1.82, 2.24) is 53.2 Å². The maximum absolute atomic E-state index is 14.2. The number of benzene rings is 2. The average molecular weight is 877 g/mol. The number of hydrogen-bond donors (Lipinski definition) is 12. The van der Waals surface area contributed by atoms with Crippen LogP contribution in [0.1, 0.15) is 54.9 Å². The summed E-state index contributed by atoms with van der Waals surface area (Å²) >= 11 is 0. The first kappa shape index (κ1) is 48.3. The number of carbonyl (C=O) groups excluding carboxylic acids is 8. The first-order valence-electron chi connectivity index (χ1n) is 20.1. The maximum atomic E-state index is 14.2. The molecule has 0 aromatic heterocycles. The molecule has 22 nitrogen and oxygen atoms in total. The summed E-state index contributed by atoms with van der Waals surface area (Å²) in [6, 6.07) is 8.48. The standard InChI is InChI=1S/C41H56N12O10/c1-22-31(54)49-28(21-46-38(60)62-40(2,3)4)33(56)50-27(20-45-37(59)48-25-15-11-14-24(18-25)23-12-9-8-10-13-23)34(57)53-30(26-16-17-43-36(42)51-26)35(58)44-19-29(32(55)47-22)52-39(61)63-41(5,6)7/h8-15,18,20,22,26,28-30H,16-17,19,21H2,1-7H3,(H,44,58)(H,46,60)(H,47,55)(H,49,54)(H,50,56)(H,52,61)(H,53,57)(H3,42,43,51)(H2,45,48,59)/b27-20-/t22-,26?,28-,29-,30-/m0/s1.